The number of benzene rings is 1. The lowest BCUT2D eigenvalue weighted by molar-refractivity contribution is 0.102. The van der Waals surface area contributed by atoms with Crippen LogP contribution in [0.25, 0.3) is 0 Å². The molecule has 3 rings (SSSR count). The number of carbonyl (C=O) groups excluding carboxylic acids is 1. The zero-order valence-electron chi connectivity index (χ0n) is 12.2. The molecule has 1 aromatic carbocycles. The van der Waals surface area contributed by atoms with Crippen LogP contribution in [0.2, 0.25) is 5.02 Å². The monoisotopic (exact) mass is 362 g/mol. The third kappa shape index (κ3) is 3.98. The van der Waals surface area contributed by atoms with Crippen LogP contribution in [0.5, 0.6) is 5.75 Å². The molecule has 0 aliphatic rings. The summed E-state index contributed by atoms with van der Waals surface area (Å²) in [6, 6.07) is 8.31. The van der Waals surface area contributed by atoms with Gasteiger partial charge in [-0.05, 0) is 17.7 Å². The average Bonchev–Trinajstić information content (AvgIpc) is 3.06. The van der Waals surface area contributed by atoms with Gasteiger partial charge in [0.1, 0.15) is 17.8 Å². The average molecular weight is 363 g/mol. The number of ether oxygens (including phenoxy) is 1. The van der Waals surface area contributed by atoms with E-state index in [-0.39, 0.29) is 18.1 Å². The Hall–Kier alpha value is -2.71. The van der Waals surface area contributed by atoms with Gasteiger partial charge in [0.2, 0.25) is 10.6 Å². The van der Waals surface area contributed by atoms with E-state index in [1.807, 2.05) is 6.07 Å². The third-order valence-electron chi connectivity index (χ3n) is 2.99. The number of pyridine rings is 1. The number of amides is 1. The molecule has 0 bridgehead atoms. The normalized spacial score (nSPS) is 10.4. The van der Waals surface area contributed by atoms with Crippen molar-refractivity contribution in [1.29, 1.82) is 0 Å². The Morgan fingerprint density at radius 2 is 2.25 bits per heavy atom. The summed E-state index contributed by atoms with van der Waals surface area (Å²) in [5, 5.41) is 10.8. The molecule has 3 aromatic rings. The fraction of sp³-hybridized carbons (Fsp3) is 0.0667. The van der Waals surface area contributed by atoms with Gasteiger partial charge < -0.3 is 9.72 Å². The number of rotatable bonds is 5. The molecule has 0 aliphatic heterocycles. The molecule has 7 nitrogen and oxygen atoms in total. The first-order valence-corrected chi connectivity index (χ1v) is 8.05. The summed E-state index contributed by atoms with van der Waals surface area (Å²) in [6.07, 6.45) is 1.35. The summed E-state index contributed by atoms with van der Waals surface area (Å²) >= 11 is 7.07. The second kappa shape index (κ2) is 7.24. The van der Waals surface area contributed by atoms with Gasteiger partial charge in [-0.3, -0.25) is 14.9 Å². The molecule has 2 N–H and O–H groups in total. The van der Waals surface area contributed by atoms with E-state index in [1.165, 1.54) is 29.1 Å². The number of hydrogen-bond acceptors (Lipinski definition) is 6. The molecule has 0 saturated heterocycles. The molecule has 0 atom stereocenters. The fourth-order valence-electron chi connectivity index (χ4n) is 1.88. The number of hydrogen-bond donors (Lipinski definition) is 2. The molecule has 24 heavy (non-hydrogen) atoms. The number of anilines is 1. The van der Waals surface area contributed by atoms with Crippen molar-refractivity contribution in [3.05, 3.63) is 68.5 Å². The first-order chi connectivity index (χ1) is 11.6. The number of carbonyl (C=O) groups is 1. The summed E-state index contributed by atoms with van der Waals surface area (Å²) in [4.78, 5) is 26.8. The number of aromatic nitrogens is 3. The highest BCUT2D eigenvalue weighted by atomic mass is 35.5. The predicted octanol–water partition coefficient (Wildman–Crippen LogP) is 2.71. The molecule has 0 saturated carbocycles. The quantitative estimate of drug-likeness (QED) is 0.727. The minimum Gasteiger partial charge on any atom is -0.483 e. The van der Waals surface area contributed by atoms with Crippen molar-refractivity contribution in [2.24, 2.45) is 0 Å². The summed E-state index contributed by atoms with van der Waals surface area (Å²) in [6.45, 7) is 0.194. The Morgan fingerprint density at radius 3 is 2.96 bits per heavy atom. The number of H-pyrrole nitrogens is 1. The summed E-state index contributed by atoms with van der Waals surface area (Å²) in [5.41, 5.74) is 2.02. The Balaban J connectivity index is 1.68. The Labute approximate surface area is 145 Å². The van der Waals surface area contributed by atoms with Gasteiger partial charge >= 0.3 is 0 Å². The molecule has 122 valence electrons. The number of halogens is 1. The molecule has 0 radical (unpaired) electrons. The SMILES string of the molecule is O=C(Nc1nncs1)c1cc(=O)c(OCc2cccc(Cl)c2)c[nH]1. The van der Waals surface area contributed by atoms with Crippen LogP contribution < -0.4 is 15.5 Å². The van der Waals surface area contributed by atoms with E-state index in [0.29, 0.717) is 10.2 Å². The second-order valence-electron chi connectivity index (χ2n) is 4.69. The molecule has 1 amide bonds. The van der Waals surface area contributed by atoms with Gasteiger partial charge in [-0.15, -0.1) is 10.2 Å². The van der Waals surface area contributed by atoms with Crippen molar-refractivity contribution < 1.29 is 9.53 Å². The third-order valence-corrected chi connectivity index (χ3v) is 3.83. The summed E-state index contributed by atoms with van der Waals surface area (Å²) < 4.78 is 5.46. The van der Waals surface area contributed by atoms with Gasteiger partial charge in [0.05, 0.1) is 0 Å². The summed E-state index contributed by atoms with van der Waals surface area (Å²) in [7, 11) is 0. The van der Waals surface area contributed by atoms with Crippen LogP contribution in [0.4, 0.5) is 5.13 Å². The van der Waals surface area contributed by atoms with Crippen LogP contribution in [-0.2, 0) is 6.61 Å². The van der Waals surface area contributed by atoms with E-state index >= 15 is 0 Å². The molecule has 2 aromatic heterocycles. The van der Waals surface area contributed by atoms with Gasteiger partial charge in [0, 0.05) is 17.3 Å². The predicted molar refractivity (Wildman–Crippen MR) is 90.7 cm³/mol. The van der Waals surface area contributed by atoms with E-state index in [9.17, 15) is 9.59 Å². The lowest BCUT2D eigenvalue weighted by Gasteiger charge is -2.07. The van der Waals surface area contributed by atoms with E-state index in [0.717, 1.165) is 5.56 Å². The number of aromatic amines is 1. The Bertz CT molecular complexity index is 911. The van der Waals surface area contributed by atoms with Crippen molar-refractivity contribution in [2.45, 2.75) is 6.61 Å². The maximum absolute atomic E-state index is 12.1. The minimum atomic E-state index is -0.481. The maximum atomic E-state index is 12.1. The standard InChI is InChI=1S/C15H11ClN4O3S/c16-10-3-1-2-9(4-10)7-23-13-6-17-11(5-12(13)21)14(22)19-15-20-18-8-24-15/h1-6,8H,7H2,(H,17,21)(H,19,20,22). The van der Waals surface area contributed by atoms with E-state index in [4.69, 9.17) is 16.3 Å². The van der Waals surface area contributed by atoms with Crippen LogP contribution in [0, 0.1) is 0 Å². The first-order valence-electron chi connectivity index (χ1n) is 6.79. The molecule has 9 heteroatoms. The van der Waals surface area contributed by atoms with Gasteiger partial charge in [-0.25, -0.2) is 0 Å². The Kier molecular flexibility index (Phi) is 4.88. The zero-order chi connectivity index (χ0) is 16.9. The van der Waals surface area contributed by atoms with Crippen molar-refractivity contribution in [2.75, 3.05) is 5.32 Å². The van der Waals surface area contributed by atoms with E-state index in [2.05, 4.69) is 20.5 Å². The van der Waals surface area contributed by atoms with Crippen LogP contribution in [-0.4, -0.2) is 21.1 Å². The largest absolute Gasteiger partial charge is 0.483 e. The summed E-state index contributed by atoms with van der Waals surface area (Å²) in [5.74, 6) is -0.368. The highest BCUT2D eigenvalue weighted by molar-refractivity contribution is 7.13. The van der Waals surface area contributed by atoms with Crippen molar-refractivity contribution in [3.8, 4) is 5.75 Å². The van der Waals surface area contributed by atoms with E-state index in [1.54, 1.807) is 18.2 Å². The van der Waals surface area contributed by atoms with Crippen molar-refractivity contribution >= 4 is 34.0 Å². The second-order valence-corrected chi connectivity index (χ2v) is 5.96. The Morgan fingerprint density at radius 1 is 1.38 bits per heavy atom. The number of nitrogens with zero attached hydrogens (tertiary/aromatic N) is 2. The lowest BCUT2D eigenvalue weighted by Crippen LogP contribution is -2.17. The van der Waals surface area contributed by atoms with E-state index < -0.39 is 11.3 Å². The van der Waals surface area contributed by atoms with Crippen LogP contribution >= 0.6 is 22.9 Å². The number of nitrogens with one attached hydrogen (secondary N) is 2. The molecule has 2 heterocycles. The van der Waals surface area contributed by atoms with Gasteiger partial charge in [-0.2, -0.15) is 0 Å². The van der Waals surface area contributed by atoms with Crippen molar-refractivity contribution in [1.82, 2.24) is 15.2 Å². The maximum Gasteiger partial charge on any atom is 0.274 e. The topological polar surface area (TPSA) is 97.0 Å². The molecular formula is C15H11ClN4O3S. The van der Waals surface area contributed by atoms with Gasteiger partial charge in [-0.1, -0.05) is 35.1 Å². The van der Waals surface area contributed by atoms with Crippen LogP contribution in [0.15, 0.2) is 46.8 Å². The minimum absolute atomic E-state index is 0.102. The first kappa shape index (κ1) is 16.2. The zero-order valence-corrected chi connectivity index (χ0v) is 13.7. The molecule has 0 fully saturated rings. The lowest BCUT2D eigenvalue weighted by atomic mass is 10.2. The van der Waals surface area contributed by atoms with Crippen LogP contribution in [0.3, 0.4) is 0 Å². The smallest absolute Gasteiger partial charge is 0.274 e. The molecular weight excluding hydrogens is 352 g/mol. The van der Waals surface area contributed by atoms with Gasteiger partial charge in [0.15, 0.2) is 5.75 Å². The van der Waals surface area contributed by atoms with Crippen LogP contribution in [0.1, 0.15) is 16.1 Å². The molecule has 0 aliphatic carbocycles. The molecule has 0 spiro atoms. The fourth-order valence-corrected chi connectivity index (χ4v) is 2.53. The highest BCUT2D eigenvalue weighted by Gasteiger charge is 2.11. The molecule has 0 unspecified atom stereocenters. The van der Waals surface area contributed by atoms with Gasteiger partial charge in [0.25, 0.3) is 5.91 Å². The highest BCUT2D eigenvalue weighted by Crippen LogP contribution is 2.13. The van der Waals surface area contributed by atoms with Crippen molar-refractivity contribution in [3.63, 3.8) is 0 Å².